The van der Waals surface area contributed by atoms with Gasteiger partial charge < -0.3 is 20.1 Å². The van der Waals surface area contributed by atoms with Crippen molar-refractivity contribution in [1.82, 2.24) is 5.32 Å². The lowest BCUT2D eigenvalue weighted by atomic mass is 9.94. The minimum atomic E-state index is -0.557. The average Bonchev–Trinajstić information content (AvgIpc) is 2.52. The smallest absolute Gasteiger partial charge is 0.319 e. The molecule has 1 heterocycles. The van der Waals surface area contributed by atoms with Crippen LogP contribution in [-0.2, 0) is 5.54 Å². The zero-order valence-corrected chi connectivity index (χ0v) is 15.1. The summed E-state index contributed by atoms with van der Waals surface area (Å²) in [5, 5.41) is 5.93. The second kappa shape index (κ2) is 6.67. The third kappa shape index (κ3) is 4.05. The molecule has 0 bridgehead atoms. The Morgan fingerprint density at radius 2 is 1.60 bits per heavy atom. The van der Waals surface area contributed by atoms with Gasteiger partial charge in [-0.15, -0.1) is 0 Å². The van der Waals surface area contributed by atoms with E-state index in [1.54, 1.807) is 0 Å². The number of urea groups is 1. The molecule has 2 aromatic rings. The molecular weight excluding hydrogens is 316 g/mol. The van der Waals surface area contributed by atoms with Crippen molar-refractivity contribution in [2.45, 2.75) is 33.2 Å². The van der Waals surface area contributed by atoms with E-state index in [4.69, 9.17) is 9.47 Å². The summed E-state index contributed by atoms with van der Waals surface area (Å²) in [6.07, 6.45) is 0. The van der Waals surface area contributed by atoms with Gasteiger partial charge in [0.1, 0.15) is 13.2 Å². The van der Waals surface area contributed by atoms with Gasteiger partial charge in [0.25, 0.3) is 0 Å². The number of anilines is 1. The molecule has 1 aliphatic heterocycles. The van der Waals surface area contributed by atoms with E-state index in [0.717, 1.165) is 28.1 Å². The molecule has 0 saturated heterocycles. The Kier molecular flexibility index (Phi) is 4.57. The number of benzene rings is 2. The van der Waals surface area contributed by atoms with Crippen molar-refractivity contribution in [1.29, 1.82) is 0 Å². The summed E-state index contributed by atoms with van der Waals surface area (Å²) in [6.45, 7) is 9.03. The molecule has 0 atom stereocenters. The Balaban J connectivity index is 1.73. The van der Waals surface area contributed by atoms with Crippen molar-refractivity contribution in [2.24, 2.45) is 0 Å². The number of aryl methyl sites for hydroxylation is 2. The Morgan fingerprint density at radius 1 is 0.960 bits per heavy atom. The second-order valence-corrected chi connectivity index (χ2v) is 6.94. The van der Waals surface area contributed by atoms with Gasteiger partial charge in [-0.05, 0) is 68.7 Å². The first-order valence-electron chi connectivity index (χ1n) is 8.41. The molecule has 2 aromatic carbocycles. The van der Waals surface area contributed by atoms with Gasteiger partial charge in [0.2, 0.25) is 0 Å². The number of hydrogen-bond donors (Lipinski definition) is 2. The van der Waals surface area contributed by atoms with Crippen LogP contribution in [0, 0.1) is 13.8 Å². The Hall–Kier alpha value is -2.69. The summed E-state index contributed by atoms with van der Waals surface area (Å²) >= 11 is 0. The van der Waals surface area contributed by atoms with E-state index in [2.05, 4.69) is 16.7 Å². The SMILES string of the molecule is Cc1cc(C)cc(NC(=O)NC(C)(C)c2ccc3c(c2)OCCO3)c1. The van der Waals surface area contributed by atoms with Gasteiger partial charge in [0.05, 0.1) is 5.54 Å². The first-order chi connectivity index (χ1) is 11.8. The molecular formula is C20H24N2O3. The van der Waals surface area contributed by atoms with E-state index < -0.39 is 5.54 Å². The van der Waals surface area contributed by atoms with Crippen LogP contribution in [0.5, 0.6) is 11.5 Å². The molecule has 1 aliphatic rings. The van der Waals surface area contributed by atoms with Crippen molar-refractivity contribution >= 4 is 11.7 Å². The highest BCUT2D eigenvalue weighted by molar-refractivity contribution is 5.90. The summed E-state index contributed by atoms with van der Waals surface area (Å²) in [4.78, 5) is 12.4. The lowest BCUT2D eigenvalue weighted by Crippen LogP contribution is -2.43. The molecule has 3 rings (SSSR count). The molecule has 0 unspecified atom stereocenters. The highest BCUT2D eigenvalue weighted by Crippen LogP contribution is 2.34. The molecule has 132 valence electrons. The largest absolute Gasteiger partial charge is 0.486 e. The summed E-state index contributed by atoms with van der Waals surface area (Å²) in [6, 6.07) is 11.5. The van der Waals surface area contributed by atoms with Gasteiger partial charge in [0, 0.05) is 5.69 Å². The molecule has 25 heavy (non-hydrogen) atoms. The maximum absolute atomic E-state index is 12.4. The molecule has 2 N–H and O–H groups in total. The van der Waals surface area contributed by atoms with Crippen LogP contribution in [0.4, 0.5) is 10.5 Å². The first kappa shape index (κ1) is 17.1. The summed E-state index contributed by atoms with van der Waals surface area (Å²) in [5.41, 5.74) is 3.40. The number of carbonyl (C=O) groups is 1. The predicted octanol–water partition coefficient (Wildman–Crippen LogP) is 4.13. The summed E-state index contributed by atoms with van der Waals surface area (Å²) in [7, 11) is 0. The number of fused-ring (bicyclic) bond motifs is 1. The Bertz CT molecular complexity index is 779. The molecule has 2 amide bonds. The van der Waals surface area contributed by atoms with Gasteiger partial charge in [0.15, 0.2) is 11.5 Å². The van der Waals surface area contributed by atoms with Crippen molar-refractivity contribution < 1.29 is 14.3 Å². The van der Waals surface area contributed by atoms with Gasteiger partial charge in [-0.1, -0.05) is 12.1 Å². The van der Waals surface area contributed by atoms with Gasteiger partial charge in [-0.2, -0.15) is 0 Å². The van der Waals surface area contributed by atoms with Crippen LogP contribution in [0.1, 0.15) is 30.5 Å². The van der Waals surface area contributed by atoms with E-state index in [0.29, 0.717) is 19.0 Å². The fraction of sp³-hybridized carbons (Fsp3) is 0.350. The van der Waals surface area contributed by atoms with Crippen molar-refractivity contribution in [3.05, 3.63) is 53.1 Å². The van der Waals surface area contributed by atoms with Crippen LogP contribution in [0.2, 0.25) is 0 Å². The van der Waals surface area contributed by atoms with Gasteiger partial charge in [-0.3, -0.25) is 0 Å². The molecule has 0 spiro atoms. The van der Waals surface area contributed by atoms with E-state index >= 15 is 0 Å². The topological polar surface area (TPSA) is 59.6 Å². The minimum absolute atomic E-state index is 0.245. The molecule has 0 saturated carbocycles. The molecule has 0 aromatic heterocycles. The monoisotopic (exact) mass is 340 g/mol. The quantitative estimate of drug-likeness (QED) is 0.883. The number of hydrogen-bond acceptors (Lipinski definition) is 3. The van der Waals surface area contributed by atoms with E-state index in [1.165, 1.54) is 0 Å². The normalized spacial score (nSPS) is 13.3. The van der Waals surface area contributed by atoms with E-state index in [9.17, 15) is 4.79 Å². The average molecular weight is 340 g/mol. The number of carbonyl (C=O) groups excluding carboxylic acids is 1. The number of nitrogens with one attached hydrogen (secondary N) is 2. The Labute approximate surface area is 148 Å². The molecule has 0 radical (unpaired) electrons. The third-order valence-corrected chi connectivity index (χ3v) is 4.17. The van der Waals surface area contributed by atoms with Gasteiger partial charge in [-0.25, -0.2) is 4.79 Å². The third-order valence-electron chi connectivity index (χ3n) is 4.17. The van der Waals surface area contributed by atoms with Crippen molar-refractivity contribution in [3.63, 3.8) is 0 Å². The number of amides is 2. The highest BCUT2D eigenvalue weighted by atomic mass is 16.6. The molecule has 0 aliphatic carbocycles. The fourth-order valence-corrected chi connectivity index (χ4v) is 3.00. The molecule has 5 nitrogen and oxygen atoms in total. The van der Waals surface area contributed by atoms with Crippen molar-refractivity contribution in [2.75, 3.05) is 18.5 Å². The minimum Gasteiger partial charge on any atom is -0.486 e. The van der Waals surface area contributed by atoms with Crippen molar-refractivity contribution in [3.8, 4) is 11.5 Å². The summed E-state index contributed by atoms with van der Waals surface area (Å²) in [5.74, 6) is 1.46. The van der Waals surface area contributed by atoms with Crippen LogP contribution in [0.25, 0.3) is 0 Å². The van der Waals surface area contributed by atoms with Crippen LogP contribution < -0.4 is 20.1 Å². The van der Waals surface area contributed by atoms with Crippen LogP contribution >= 0.6 is 0 Å². The Morgan fingerprint density at radius 3 is 2.28 bits per heavy atom. The first-order valence-corrected chi connectivity index (χ1v) is 8.41. The van der Waals surface area contributed by atoms with Crippen LogP contribution in [0.3, 0.4) is 0 Å². The maximum atomic E-state index is 12.4. The summed E-state index contributed by atoms with van der Waals surface area (Å²) < 4.78 is 11.2. The standard InChI is InChI=1S/C20H24N2O3/c1-13-9-14(2)11-16(10-13)21-19(23)22-20(3,4)15-5-6-17-18(12-15)25-8-7-24-17/h5-6,9-12H,7-8H2,1-4H3,(H2,21,22,23). The predicted molar refractivity (Wildman–Crippen MR) is 98.5 cm³/mol. The van der Waals surface area contributed by atoms with Crippen LogP contribution in [0.15, 0.2) is 36.4 Å². The van der Waals surface area contributed by atoms with E-state index in [-0.39, 0.29) is 6.03 Å². The molecule has 0 fully saturated rings. The zero-order valence-electron chi connectivity index (χ0n) is 15.1. The zero-order chi connectivity index (χ0) is 18.0. The highest BCUT2D eigenvalue weighted by Gasteiger charge is 2.25. The lowest BCUT2D eigenvalue weighted by molar-refractivity contribution is 0.171. The fourth-order valence-electron chi connectivity index (χ4n) is 3.00. The number of ether oxygens (including phenoxy) is 2. The lowest BCUT2D eigenvalue weighted by Gasteiger charge is -2.28. The van der Waals surface area contributed by atoms with E-state index in [1.807, 2.05) is 58.0 Å². The number of rotatable bonds is 3. The maximum Gasteiger partial charge on any atom is 0.319 e. The second-order valence-electron chi connectivity index (χ2n) is 6.94. The van der Waals surface area contributed by atoms with Crippen LogP contribution in [-0.4, -0.2) is 19.2 Å². The van der Waals surface area contributed by atoms with Gasteiger partial charge >= 0.3 is 6.03 Å². The molecule has 5 heteroatoms.